The van der Waals surface area contributed by atoms with Crippen LogP contribution in [0.25, 0.3) is 0 Å². The fourth-order valence-electron chi connectivity index (χ4n) is 2.92. The number of β-amino-alcohol motifs (C(OH)–C–C–N with tert-alkyl or cyclic N) is 1. The van der Waals surface area contributed by atoms with Crippen LogP contribution in [0.1, 0.15) is 39.5 Å². The number of hydrogen-bond donors (Lipinski definition) is 2. The van der Waals surface area contributed by atoms with E-state index in [4.69, 9.17) is 0 Å². The van der Waals surface area contributed by atoms with E-state index in [2.05, 4.69) is 10.2 Å². The molecule has 6 heteroatoms. The maximum atomic E-state index is 12.4. The molecule has 1 heterocycles. The molecule has 1 aliphatic heterocycles. The van der Waals surface area contributed by atoms with Crippen molar-refractivity contribution in [3.63, 3.8) is 0 Å². The summed E-state index contributed by atoms with van der Waals surface area (Å²) in [7, 11) is 0. The third-order valence-corrected chi connectivity index (χ3v) is 4.83. The number of hydrogen-bond acceptors (Lipinski definition) is 4. The Morgan fingerprint density at radius 2 is 1.86 bits per heavy atom. The van der Waals surface area contributed by atoms with Crippen molar-refractivity contribution in [2.45, 2.75) is 51.7 Å². The normalized spacial score (nSPS) is 22.8. The summed E-state index contributed by atoms with van der Waals surface area (Å²) in [5.41, 5.74) is 0. The molecule has 2 rings (SSSR count). The summed E-state index contributed by atoms with van der Waals surface area (Å²) in [5, 5.41) is 12.5. The molecule has 6 nitrogen and oxygen atoms in total. The van der Waals surface area contributed by atoms with Gasteiger partial charge in [0.25, 0.3) is 0 Å². The molecule has 2 fully saturated rings. The monoisotopic (exact) mass is 311 g/mol. The van der Waals surface area contributed by atoms with Gasteiger partial charge in [-0.25, -0.2) is 0 Å². The summed E-state index contributed by atoms with van der Waals surface area (Å²) >= 11 is 0. The van der Waals surface area contributed by atoms with Crippen molar-refractivity contribution >= 4 is 11.8 Å². The molecule has 1 aliphatic carbocycles. The Labute approximate surface area is 132 Å². The van der Waals surface area contributed by atoms with Gasteiger partial charge in [0.2, 0.25) is 11.8 Å². The minimum Gasteiger partial charge on any atom is -0.392 e. The number of carbonyl (C=O) groups is 2. The lowest BCUT2D eigenvalue weighted by Crippen LogP contribution is -2.55. The van der Waals surface area contributed by atoms with Crippen molar-refractivity contribution < 1.29 is 14.7 Å². The number of rotatable bonds is 6. The van der Waals surface area contributed by atoms with Crippen LogP contribution in [0, 0.1) is 5.92 Å². The van der Waals surface area contributed by atoms with Gasteiger partial charge in [0.15, 0.2) is 0 Å². The van der Waals surface area contributed by atoms with Gasteiger partial charge in [0.05, 0.1) is 6.10 Å². The Bertz CT molecular complexity index is 390. The number of nitrogens with zero attached hydrogens (tertiary/aromatic N) is 2. The SMILES string of the molecule is CCC(O)CN1CCN(C(=O)C(C)NC(=O)C2CCC2)CC1. The molecule has 0 bridgehead atoms. The van der Waals surface area contributed by atoms with Gasteiger partial charge in [-0.1, -0.05) is 13.3 Å². The quantitative estimate of drug-likeness (QED) is 0.735. The molecular weight excluding hydrogens is 282 g/mol. The minimum absolute atomic E-state index is 0.00311. The number of aliphatic hydroxyl groups excluding tert-OH is 1. The van der Waals surface area contributed by atoms with E-state index in [1.807, 2.05) is 11.8 Å². The van der Waals surface area contributed by atoms with Crippen LogP contribution in [0.15, 0.2) is 0 Å². The Kier molecular flexibility index (Phi) is 6.20. The van der Waals surface area contributed by atoms with Crippen molar-refractivity contribution in [2.24, 2.45) is 5.92 Å². The number of amides is 2. The average molecular weight is 311 g/mol. The van der Waals surface area contributed by atoms with Crippen LogP contribution >= 0.6 is 0 Å². The Hall–Kier alpha value is -1.14. The fourth-order valence-corrected chi connectivity index (χ4v) is 2.92. The molecular formula is C16H29N3O3. The zero-order valence-corrected chi connectivity index (χ0v) is 13.8. The number of piperazine rings is 1. The fraction of sp³-hybridized carbons (Fsp3) is 0.875. The molecule has 22 heavy (non-hydrogen) atoms. The van der Waals surface area contributed by atoms with Crippen LogP contribution in [-0.4, -0.2) is 71.6 Å². The zero-order chi connectivity index (χ0) is 16.1. The predicted octanol–water partition coefficient (Wildman–Crippen LogP) is 0.206. The van der Waals surface area contributed by atoms with Gasteiger partial charge in [0.1, 0.15) is 6.04 Å². The molecule has 0 aromatic heterocycles. The summed E-state index contributed by atoms with van der Waals surface area (Å²) in [4.78, 5) is 28.3. The molecule has 2 N–H and O–H groups in total. The van der Waals surface area contributed by atoms with Crippen LogP contribution in [0.2, 0.25) is 0 Å². The third kappa shape index (κ3) is 4.43. The van der Waals surface area contributed by atoms with E-state index in [1.54, 1.807) is 6.92 Å². The van der Waals surface area contributed by atoms with Crippen LogP contribution in [0.3, 0.4) is 0 Å². The Balaban J connectivity index is 1.72. The first-order valence-corrected chi connectivity index (χ1v) is 8.50. The van der Waals surface area contributed by atoms with Gasteiger partial charge >= 0.3 is 0 Å². The highest BCUT2D eigenvalue weighted by Crippen LogP contribution is 2.26. The molecule has 2 atom stereocenters. The highest BCUT2D eigenvalue weighted by molar-refractivity contribution is 5.88. The molecule has 2 aliphatic rings. The molecule has 2 unspecified atom stereocenters. The zero-order valence-electron chi connectivity index (χ0n) is 13.8. The molecule has 0 spiro atoms. The van der Waals surface area contributed by atoms with Crippen LogP contribution in [0.4, 0.5) is 0 Å². The topological polar surface area (TPSA) is 72.9 Å². The van der Waals surface area contributed by atoms with E-state index >= 15 is 0 Å². The molecule has 0 radical (unpaired) electrons. The highest BCUT2D eigenvalue weighted by atomic mass is 16.3. The first-order valence-electron chi connectivity index (χ1n) is 8.50. The lowest BCUT2D eigenvalue weighted by Gasteiger charge is -2.37. The molecule has 2 amide bonds. The summed E-state index contributed by atoms with van der Waals surface area (Å²) in [6, 6.07) is -0.444. The van der Waals surface area contributed by atoms with Gasteiger partial charge in [-0.2, -0.15) is 0 Å². The first kappa shape index (κ1) is 17.2. The first-order chi connectivity index (χ1) is 10.5. The number of carbonyl (C=O) groups excluding carboxylic acids is 2. The number of nitrogens with one attached hydrogen (secondary N) is 1. The lowest BCUT2D eigenvalue weighted by molar-refractivity contribution is -0.139. The van der Waals surface area contributed by atoms with Gasteiger partial charge in [-0.15, -0.1) is 0 Å². The summed E-state index contributed by atoms with van der Waals surface area (Å²) in [6.07, 6.45) is 3.48. The maximum absolute atomic E-state index is 12.4. The van der Waals surface area contributed by atoms with Crippen molar-refractivity contribution in [1.29, 1.82) is 0 Å². The minimum atomic E-state index is -0.444. The Morgan fingerprint density at radius 1 is 1.23 bits per heavy atom. The van der Waals surface area contributed by atoms with Crippen molar-refractivity contribution in [1.82, 2.24) is 15.1 Å². The van der Waals surface area contributed by atoms with Gasteiger partial charge in [-0.05, 0) is 26.2 Å². The van der Waals surface area contributed by atoms with E-state index < -0.39 is 6.04 Å². The van der Waals surface area contributed by atoms with Crippen molar-refractivity contribution in [3.8, 4) is 0 Å². The van der Waals surface area contributed by atoms with Crippen molar-refractivity contribution in [3.05, 3.63) is 0 Å². The van der Waals surface area contributed by atoms with Gasteiger partial charge in [-0.3, -0.25) is 14.5 Å². The number of aliphatic hydroxyl groups is 1. The predicted molar refractivity (Wildman–Crippen MR) is 84.3 cm³/mol. The van der Waals surface area contributed by atoms with E-state index in [0.29, 0.717) is 19.6 Å². The molecule has 126 valence electrons. The smallest absolute Gasteiger partial charge is 0.244 e. The second kappa shape index (κ2) is 7.92. The molecule has 0 aromatic rings. The van der Waals surface area contributed by atoms with E-state index in [-0.39, 0.29) is 23.8 Å². The molecule has 0 aromatic carbocycles. The van der Waals surface area contributed by atoms with E-state index in [1.165, 1.54) is 0 Å². The van der Waals surface area contributed by atoms with E-state index in [9.17, 15) is 14.7 Å². The van der Waals surface area contributed by atoms with Crippen LogP contribution in [-0.2, 0) is 9.59 Å². The Morgan fingerprint density at radius 3 is 2.36 bits per heavy atom. The highest BCUT2D eigenvalue weighted by Gasteiger charge is 2.30. The van der Waals surface area contributed by atoms with E-state index in [0.717, 1.165) is 38.8 Å². The van der Waals surface area contributed by atoms with Crippen LogP contribution in [0.5, 0.6) is 0 Å². The lowest BCUT2D eigenvalue weighted by atomic mass is 9.84. The standard InChI is InChI=1S/C16H29N3O3/c1-3-14(20)11-18-7-9-19(10-8-18)16(22)12(2)17-15(21)13-5-4-6-13/h12-14,20H,3-11H2,1-2H3,(H,17,21). The largest absolute Gasteiger partial charge is 0.392 e. The molecule has 1 saturated heterocycles. The summed E-state index contributed by atoms with van der Waals surface area (Å²) < 4.78 is 0. The van der Waals surface area contributed by atoms with Gasteiger partial charge < -0.3 is 15.3 Å². The van der Waals surface area contributed by atoms with Gasteiger partial charge in [0, 0.05) is 38.6 Å². The summed E-state index contributed by atoms with van der Waals surface area (Å²) in [5.74, 6) is 0.141. The van der Waals surface area contributed by atoms with Crippen LogP contribution < -0.4 is 5.32 Å². The maximum Gasteiger partial charge on any atom is 0.244 e. The molecule has 1 saturated carbocycles. The summed E-state index contributed by atoms with van der Waals surface area (Å²) in [6.45, 7) is 7.31. The third-order valence-electron chi connectivity index (χ3n) is 4.83. The average Bonchev–Trinajstić information content (AvgIpc) is 2.45. The second-order valence-electron chi connectivity index (χ2n) is 6.55. The second-order valence-corrected chi connectivity index (χ2v) is 6.55. The van der Waals surface area contributed by atoms with Crippen molar-refractivity contribution in [2.75, 3.05) is 32.7 Å².